The summed E-state index contributed by atoms with van der Waals surface area (Å²) in [6, 6.07) is 8.33. The number of hydrogen-bond donors (Lipinski definition) is 1. The van der Waals surface area contributed by atoms with Crippen molar-refractivity contribution in [1.82, 2.24) is 29.9 Å². The van der Waals surface area contributed by atoms with Crippen molar-refractivity contribution in [2.45, 2.75) is 25.1 Å². The third-order valence-electron chi connectivity index (χ3n) is 6.03. The van der Waals surface area contributed by atoms with Gasteiger partial charge >= 0.3 is 6.18 Å². The first-order valence-electron chi connectivity index (χ1n) is 10.8. The zero-order valence-electron chi connectivity index (χ0n) is 18.3. The number of aromatic amines is 1. The molecular weight excluding hydrogens is 445 g/mol. The highest BCUT2D eigenvalue weighted by Crippen LogP contribution is 2.39. The van der Waals surface area contributed by atoms with Gasteiger partial charge in [-0.3, -0.25) is 19.6 Å². The average molecular weight is 466 g/mol. The Hall–Kier alpha value is -3.95. The molecule has 174 valence electrons. The molecule has 1 aromatic carbocycles. The van der Waals surface area contributed by atoms with Crippen LogP contribution in [0.15, 0.2) is 61.2 Å². The SMILES string of the molecule is Cn1cc(-c2ccc(C(=O)N3CCCC3c3[nH]ncc3-c3cccc(C(F)(F)F)c3)cn2)cn1. The second kappa shape index (κ2) is 8.44. The molecule has 10 heteroatoms. The van der Waals surface area contributed by atoms with E-state index in [-0.39, 0.29) is 11.9 Å². The number of amides is 1. The Labute approximate surface area is 193 Å². The van der Waals surface area contributed by atoms with Crippen LogP contribution in [-0.2, 0) is 13.2 Å². The van der Waals surface area contributed by atoms with E-state index in [4.69, 9.17) is 0 Å². The standard InChI is InChI=1S/C24H21F3N6O/c1-32-14-17(12-30-32)20-8-7-16(11-28-20)23(34)33-9-3-6-21(33)22-19(13-29-31-22)15-4-2-5-18(10-15)24(25,26)27/h2,4-5,7-8,10-14,21H,3,6,9H2,1H3,(H,29,31). The molecule has 0 aliphatic carbocycles. The van der Waals surface area contributed by atoms with Crippen LogP contribution in [0.4, 0.5) is 13.2 Å². The summed E-state index contributed by atoms with van der Waals surface area (Å²) in [7, 11) is 1.82. The molecule has 1 aliphatic rings. The van der Waals surface area contributed by atoms with E-state index >= 15 is 0 Å². The zero-order valence-corrected chi connectivity index (χ0v) is 18.3. The summed E-state index contributed by atoms with van der Waals surface area (Å²) >= 11 is 0. The van der Waals surface area contributed by atoms with Crippen LogP contribution in [0.5, 0.6) is 0 Å². The molecule has 0 saturated carbocycles. The van der Waals surface area contributed by atoms with Crippen LogP contribution >= 0.6 is 0 Å². The van der Waals surface area contributed by atoms with E-state index in [9.17, 15) is 18.0 Å². The number of carbonyl (C=O) groups excluding carboxylic acids is 1. The first kappa shape index (κ1) is 21.9. The number of hydrogen-bond acceptors (Lipinski definition) is 4. The van der Waals surface area contributed by atoms with E-state index in [1.54, 1.807) is 40.2 Å². The number of aryl methyl sites for hydroxylation is 1. The number of nitrogens with zero attached hydrogens (tertiary/aromatic N) is 5. The van der Waals surface area contributed by atoms with E-state index in [1.807, 2.05) is 13.2 Å². The fourth-order valence-corrected chi connectivity index (χ4v) is 4.36. The van der Waals surface area contributed by atoms with E-state index in [0.29, 0.717) is 41.0 Å². The molecule has 0 radical (unpaired) electrons. The van der Waals surface area contributed by atoms with E-state index in [2.05, 4.69) is 20.3 Å². The molecule has 1 fully saturated rings. The van der Waals surface area contributed by atoms with E-state index < -0.39 is 11.7 Å². The van der Waals surface area contributed by atoms with Gasteiger partial charge in [0, 0.05) is 37.1 Å². The molecule has 5 rings (SSSR count). The Morgan fingerprint density at radius 3 is 2.68 bits per heavy atom. The fraction of sp³-hybridized carbons (Fsp3) is 0.250. The molecule has 1 unspecified atom stereocenters. The Morgan fingerprint density at radius 1 is 1.12 bits per heavy atom. The molecule has 4 heterocycles. The quantitative estimate of drug-likeness (QED) is 0.466. The van der Waals surface area contributed by atoms with Gasteiger partial charge in [0.05, 0.1) is 41.0 Å². The van der Waals surface area contributed by atoms with Crippen LogP contribution in [0.25, 0.3) is 22.4 Å². The smallest absolute Gasteiger partial charge is 0.330 e. The highest BCUT2D eigenvalue weighted by Gasteiger charge is 2.34. The predicted octanol–water partition coefficient (Wildman–Crippen LogP) is 4.87. The molecule has 7 nitrogen and oxygen atoms in total. The molecule has 1 saturated heterocycles. The maximum absolute atomic E-state index is 13.3. The van der Waals surface area contributed by atoms with Crippen molar-refractivity contribution >= 4 is 5.91 Å². The summed E-state index contributed by atoms with van der Waals surface area (Å²) in [6.45, 7) is 0.537. The maximum atomic E-state index is 13.3. The molecule has 1 aliphatic heterocycles. The molecule has 0 spiro atoms. The predicted molar refractivity (Wildman–Crippen MR) is 118 cm³/mol. The second-order valence-electron chi connectivity index (χ2n) is 8.27. The molecule has 1 N–H and O–H groups in total. The Kier molecular flexibility index (Phi) is 5.43. The number of benzene rings is 1. The lowest BCUT2D eigenvalue weighted by molar-refractivity contribution is -0.137. The number of alkyl halides is 3. The monoisotopic (exact) mass is 466 g/mol. The van der Waals surface area contributed by atoms with Gasteiger partial charge in [-0.15, -0.1) is 0 Å². The minimum atomic E-state index is -4.44. The van der Waals surface area contributed by atoms with Gasteiger partial charge in [0.15, 0.2) is 0 Å². The van der Waals surface area contributed by atoms with Gasteiger partial charge in [-0.1, -0.05) is 12.1 Å². The molecule has 0 bridgehead atoms. The van der Waals surface area contributed by atoms with Crippen molar-refractivity contribution in [3.63, 3.8) is 0 Å². The zero-order chi connectivity index (χ0) is 23.9. The van der Waals surface area contributed by atoms with E-state index in [0.717, 1.165) is 24.1 Å². The summed E-state index contributed by atoms with van der Waals surface area (Å²) in [5.74, 6) is -0.183. The largest absolute Gasteiger partial charge is 0.416 e. The van der Waals surface area contributed by atoms with Crippen molar-refractivity contribution in [2.75, 3.05) is 6.54 Å². The average Bonchev–Trinajstić information content (AvgIpc) is 3.58. The molecule has 1 amide bonds. The van der Waals surface area contributed by atoms with Crippen LogP contribution in [0.3, 0.4) is 0 Å². The summed E-state index contributed by atoms with van der Waals surface area (Å²) in [6.07, 6.45) is 3.61. The van der Waals surface area contributed by atoms with Gasteiger partial charge in [0.25, 0.3) is 5.91 Å². The van der Waals surface area contributed by atoms with Gasteiger partial charge in [-0.05, 0) is 42.7 Å². The highest BCUT2D eigenvalue weighted by atomic mass is 19.4. The van der Waals surface area contributed by atoms with Gasteiger partial charge in [-0.2, -0.15) is 23.4 Å². The summed E-state index contributed by atoms with van der Waals surface area (Å²) in [5.41, 5.74) is 2.87. The Balaban J connectivity index is 1.41. The number of pyridine rings is 1. The Bertz CT molecular complexity index is 1320. The van der Waals surface area contributed by atoms with Crippen LogP contribution in [0.1, 0.15) is 40.5 Å². The lowest BCUT2D eigenvalue weighted by Crippen LogP contribution is -2.31. The van der Waals surface area contributed by atoms with Crippen LogP contribution in [0.2, 0.25) is 0 Å². The molecule has 34 heavy (non-hydrogen) atoms. The topological polar surface area (TPSA) is 79.7 Å². The number of rotatable bonds is 4. The van der Waals surface area contributed by atoms with E-state index in [1.165, 1.54) is 12.3 Å². The second-order valence-corrected chi connectivity index (χ2v) is 8.27. The first-order chi connectivity index (χ1) is 16.3. The number of nitrogens with one attached hydrogen (secondary N) is 1. The minimum Gasteiger partial charge on any atom is -0.330 e. The number of halogens is 3. The molecular formula is C24H21F3N6O. The maximum Gasteiger partial charge on any atom is 0.416 e. The molecule has 1 atom stereocenters. The van der Waals surface area contributed by atoms with Crippen molar-refractivity contribution in [3.8, 4) is 22.4 Å². The lowest BCUT2D eigenvalue weighted by atomic mass is 9.99. The minimum absolute atomic E-state index is 0.183. The van der Waals surface area contributed by atoms with Gasteiger partial charge < -0.3 is 4.90 Å². The number of likely N-dealkylation sites (tertiary alicyclic amines) is 1. The van der Waals surface area contributed by atoms with Gasteiger partial charge in [-0.25, -0.2) is 0 Å². The number of aromatic nitrogens is 5. The first-order valence-corrected chi connectivity index (χ1v) is 10.8. The van der Waals surface area contributed by atoms with Crippen molar-refractivity contribution < 1.29 is 18.0 Å². The number of H-pyrrole nitrogens is 1. The van der Waals surface area contributed by atoms with Gasteiger partial charge in [0.2, 0.25) is 0 Å². The van der Waals surface area contributed by atoms with Crippen LogP contribution in [0, 0.1) is 0 Å². The summed E-state index contributed by atoms with van der Waals surface area (Å²) < 4.78 is 41.3. The van der Waals surface area contributed by atoms with Crippen LogP contribution in [-0.4, -0.2) is 42.3 Å². The van der Waals surface area contributed by atoms with Gasteiger partial charge in [0.1, 0.15) is 0 Å². The van der Waals surface area contributed by atoms with Crippen molar-refractivity contribution in [2.24, 2.45) is 7.05 Å². The van der Waals surface area contributed by atoms with Crippen molar-refractivity contribution in [1.29, 1.82) is 0 Å². The fourth-order valence-electron chi connectivity index (χ4n) is 4.36. The highest BCUT2D eigenvalue weighted by molar-refractivity contribution is 5.94. The third-order valence-corrected chi connectivity index (χ3v) is 6.03. The Morgan fingerprint density at radius 2 is 1.97 bits per heavy atom. The molecule has 3 aromatic heterocycles. The normalized spacial score (nSPS) is 16.2. The van der Waals surface area contributed by atoms with Crippen molar-refractivity contribution in [3.05, 3.63) is 78.0 Å². The third kappa shape index (κ3) is 4.07. The molecule has 4 aromatic rings. The summed E-state index contributed by atoms with van der Waals surface area (Å²) in [4.78, 5) is 19.5. The summed E-state index contributed by atoms with van der Waals surface area (Å²) in [5, 5.41) is 11.1. The lowest BCUT2D eigenvalue weighted by Gasteiger charge is -2.25. The van der Waals surface area contributed by atoms with Crippen LogP contribution < -0.4 is 0 Å². The number of carbonyl (C=O) groups is 1.